The summed E-state index contributed by atoms with van der Waals surface area (Å²) in [7, 11) is 0. The molecule has 0 spiro atoms. The predicted octanol–water partition coefficient (Wildman–Crippen LogP) is 5.21. The molecule has 150 valence electrons. The Kier molecular flexibility index (Phi) is 5.94. The van der Waals surface area contributed by atoms with Crippen molar-refractivity contribution in [3.63, 3.8) is 0 Å². The molecule has 4 nitrogen and oxygen atoms in total. The molecule has 1 heterocycles. The first-order valence-corrected chi connectivity index (χ1v) is 10.8. The predicted molar refractivity (Wildman–Crippen MR) is 116 cm³/mol. The van der Waals surface area contributed by atoms with Crippen molar-refractivity contribution in [2.45, 2.75) is 53.9 Å². The van der Waals surface area contributed by atoms with Gasteiger partial charge in [-0.2, -0.15) is 0 Å². The van der Waals surface area contributed by atoms with Crippen molar-refractivity contribution in [3.8, 4) is 0 Å². The Balaban J connectivity index is 1.95. The first kappa shape index (κ1) is 20.6. The fourth-order valence-electron chi connectivity index (χ4n) is 3.86. The molecule has 1 aromatic carbocycles. The maximum atomic E-state index is 12.8. The molecule has 0 saturated carbocycles. The van der Waals surface area contributed by atoms with Crippen LogP contribution in [0.25, 0.3) is 0 Å². The molecule has 2 aromatic rings. The van der Waals surface area contributed by atoms with Gasteiger partial charge in [-0.1, -0.05) is 38.5 Å². The van der Waals surface area contributed by atoms with E-state index in [0.717, 1.165) is 30.4 Å². The first-order valence-electron chi connectivity index (χ1n) is 10.0. The highest BCUT2D eigenvalue weighted by Crippen LogP contribution is 2.44. The van der Waals surface area contributed by atoms with Gasteiger partial charge in [-0.3, -0.25) is 9.59 Å². The molecule has 5 heteroatoms. The maximum absolute atomic E-state index is 12.8. The summed E-state index contributed by atoms with van der Waals surface area (Å²) >= 11 is 1.57. The number of amides is 2. The number of rotatable bonds is 4. The van der Waals surface area contributed by atoms with Gasteiger partial charge in [0.15, 0.2) is 0 Å². The van der Waals surface area contributed by atoms with Crippen LogP contribution < -0.4 is 10.6 Å². The van der Waals surface area contributed by atoms with Crippen LogP contribution in [0.5, 0.6) is 0 Å². The Bertz CT molecular complexity index is 892. The minimum absolute atomic E-state index is 0.0891. The van der Waals surface area contributed by atoms with E-state index in [1.165, 1.54) is 4.88 Å². The molecule has 0 unspecified atom stereocenters. The molecular weight excluding hydrogens is 368 g/mol. The van der Waals surface area contributed by atoms with Crippen molar-refractivity contribution in [3.05, 3.63) is 51.4 Å². The van der Waals surface area contributed by atoms with Gasteiger partial charge in [0.05, 0.1) is 5.56 Å². The Morgan fingerprint density at radius 3 is 2.61 bits per heavy atom. The molecule has 3 rings (SSSR count). The van der Waals surface area contributed by atoms with Gasteiger partial charge < -0.3 is 10.6 Å². The molecule has 2 N–H and O–H groups in total. The second-order valence-electron chi connectivity index (χ2n) is 8.70. The number of hydrogen-bond acceptors (Lipinski definition) is 3. The number of carbonyl (C=O) groups is 2. The SMILES string of the molecule is CCNC(=O)c1c(NC(=O)c2cccc(C)c2)sc2c1CC[C@@H](C(C)(C)C)C2. The average Bonchev–Trinajstić information content (AvgIpc) is 2.98. The fraction of sp³-hybridized carbons (Fsp3) is 0.478. The summed E-state index contributed by atoms with van der Waals surface area (Å²) in [6.07, 6.45) is 2.93. The van der Waals surface area contributed by atoms with Gasteiger partial charge in [0.25, 0.3) is 11.8 Å². The summed E-state index contributed by atoms with van der Waals surface area (Å²) < 4.78 is 0. The number of carbonyl (C=O) groups excluding carboxylic acids is 2. The molecule has 28 heavy (non-hydrogen) atoms. The lowest BCUT2D eigenvalue weighted by Crippen LogP contribution is -2.28. The van der Waals surface area contributed by atoms with Crippen molar-refractivity contribution in [2.75, 3.05) is 11.9 Å². The highest BCUT2D eigenvalue weighted by molar-refractivity contribution is 7.17. The Morgan fingerprint density at radius 2 is 1.96 bits per heavy atom. The number of benzene rings is 1. The van der Waals surface area contributed by atoms with Crippen molar-refractivity contribution in [2.24, 2.45) is 11.3 Å². The first-order chi connectivity index (χ1) is 13.2. The lowest BCUT2D eigenvalue weighted by Gasteiger charge is -2.33. The number of aryl methyl sites for hydroxylation is 1. The Morgan fingerprint density at radius 1 is 1.21 bits per heavy atom. The Labute approximate surface area is 171 Å². The second kappa shape index (κ2) is 8.08. The third-order valence-electron chi connectivity index (χ3n) is 5.56. The molecular formula is C23H30N2O2S. The van der Waals surface area contributed by atoms with Gasteiger partial charge >= 0.3 is 0 Å². The van der Waals surface area contributed by atoms with Crippen molar-refractivity contribution in [1.82, 2.24) is 5.32 Å². The van der Waals surface area contributed by atoms with Crippen molar-refractivity contribution in [1.29, 1.82) is 0 Å². The molecule has 0 radical (unpaired) electrons. The standard InChI is InChI=1S/C23H30N2O2S/c1-6-24-21(27)19-17-11-10-16(23(3,4)5)13-18(17)28-22(19)25-20(26)15-9-7-8-14(2)12-15/h7-9,12,16H,6,10-11,13H2,1-5H3,(H,24,27)(H,25,26)/t16-/m1/s1. The van der Waals surface area contributed by atoms with Crippen LogP contribution in [-0.4, -0.2) is 18.4 Å². The van der Waals surface area contributed by atoms with Crippen LogP contribution in [-0.2, 0) is 12.8 Å². The van der Waals surface area contributed by atoms with E-state index in [4.69, 9.17) is 0 Å². The van der Waals surface area contributed by atoms with Crippen LogP contribution in [0.15, 0.2) is 24.3 Å². The van der Waals surface area contributed by atoms with E-state index in [1.807, 2.05) is 32.0 Å². The summed E-state index contributed by atoms with van der Waals surface area (Å²) in [5.41, 5.74) is 3.67. The van der Waals surface area contributed by atoms with Gasteiger partial charge in [0.1, 0.15) is 5.00 Å². The van der Waals surface area contributed by atoms with Crippen LogP contribution >= 0.6 is 11.3 Å². The van der Waals surface area contributed by atoms with Crippen LogP contribution in [0.4, 0.5) is 5.00 Å². The summed E-state index contributed by atoms with van der Waals surface area (Å²) in [6.45, 7) is 11.3. The smallest absolute Gasteiger partial charge is 0.256 e. The van der Waals surface area contributed by atoms with E-state index in [2.05, 4.69) is 31.4 Å². The van der Waals surface area contributed by atoms with Gasteiger partial charge in [-0.15, -0.1) is 11.3 Å². The lowest BCUT2D eigenvalue weighted by atomic mass is 9.72. The topological polar surface area (TPSA) is 58.2 Å². The number of thiophene rings is 1. The molecule has 2 amide bonds. The second-order valence-corrected chi connectivity index (χ2v) is 9.80. The normalized spacial score (nSPS) is 16.4. The van der Waals surface area contributed by atoms with Gasteiger partial charge in [0, 0.05) is 17.0 Å². The van der Waals surface area contributed by atoms with Gasteiger partial charge in [-0.25, -0.2) is 0 Å². The zero-order valence-electron chi connectivity index (χ0n) is 17.4. The third-order valence-corrected chi connectivity index (χ3v) is 6.73. The summed E-state index contributed by atoms with van der Waals surface area (Å²) in [5, 5.41) is 6.62. The molecule has 1 atom stereocenters. The largest absolute Gasteiger partial charge is 0.352 e. The number of fused-ring (bicyclic) bond motifs is 1. The monoisotopic (exact) mass is 398 g/mol. The number of anilines is 1. The molecule has 0 saturated heterocycles. The molecule has 1 aromatic heterocycles. The van der Waals surface area contributed by atoms with E-state index >= 15 is 0 Å². The van der Waals surface area contributed by atoms with E-state index in [1.54, 1.807) is 17.4 Å². The molecule has 1 aliphatic rings. The molecule has 0 fully saturated rings. The van der Waals surface area contributed by atoms with Crippen LogP contribution in [0.3, 0.4) is 0 Å². The average molecular weight is 399 g/mol. The minimum atomic E-state index is -0.166. The van der Waals surface area contributed by atoms with E-state index in [9.17, 15) is 9.59 Å². The zero-order valence-corrected chi connectivity index (χ0v) is 18.3. The summed E-state index contributed by atoms with van der Waals surface area (Å²) in [6, 6.07) is 7.51. The number of nitrogens with one attached hydrogen (secondary N) is 2. The van der Waals surface area contributed by atoms with Crippen molar-refractivity contribution < 1.29 is 9.59 Å². The lowest BCUT2D eigenvalue weighted by molar-refractivity contribution is 0.0955. The molecule has 0 bridgehead atoms. The van der Waals surface area contributed by atoms with Gasteiger partial charge in [-0.05, 0) is 62.1 Å². The van der Waals surface area contributed by atoms with Crippen LogP contribution in [0.1, 0.15) is 70.8 Å². The van der Waals surface area contributed by atoms with E-state index in [-0.39, 0.29) is 17.2 Å². The third kappa shape index (κ3) is 4.30. The summed E-state index contributed by atoms with van der Waals surface area (Å²) in [4.78, 5) is 26.8. The summed E-state index contributed by atoms with van der Waals surface area (Å²) in [5.74, 6) is 0.329. The molecule has 0 aliphatic heterocycles. The van der Waals surface area contributed by atoms with Gasteiger partial charge in [0.2, 0.25) is 0 Å². The Hall–Kier alpha value is -2.14. The number of hydrogen-bond donors (Lipinski definition) is 2. The highest BCUT2D eigenvalue weighted by Gasteiger charge is 2.34. The maximum Gasteiger partial charge on any atom is 0.256 e. The van der Waals surface area contributed by atoms with Crippen LogP contribution in [0, 0.1) is 18.3 Å². The minimum Gasteiger partial charge on any atom is -0.352 e. The fourth-order valence-corrected chi connectivity index (χ4v) is 5.18. The van der Waals surface area contributed by atoms with E-state index < -0.39 is 0 Å². The highest BCUT2D eigenvalue weighted by atomic mass is 32.1. The zero-order chi connectivity index (χ0) is 20.5. The molecule has 1 aliphatic carbocycles. The van der Waals surface area contributed by atoms with E-state index in [0.29, 0.717) is 28.6 Å². The van der Waals surface area contributed by atoms with Crippen molar-refractivity contribution >= 4 is 28.2 Å². The quantitative estimate of drug-likeness (QED) is 0.743. The van der Waals surface area contributed by atoms with Crippen LogP contribution in [0.2, 0.25) is 0 Å².